The van der Waals surface area contributed by atoms with Gasteiger partial charge < -0.3 is 18.9 Å². The first-order valence-electron chi connectivity index (χ1n) is 8.52. The molecule has 3 heterocycles. The van der Waals surface area contributed by atoms with Gasteiger partial charge in [-0.3, -0.25) is 4.79 Å². The predicted molar refractivity (Wildman–Crippen MR) is 86.6 cm³/mol. The molecule has 2 aromatic rings. The van der Waals surface area contributed by atoms with Crippen molar-refractivity contribution in [1.29, 1.82) is 0 Å². The Morgan fingerprint density at radius 1 is 1.28 bits per heavy atom. The largest absolute Gasteiger partial charge is 0.474 e. The van der Waals surface area contributed by atoms with Gasteiger partial charge in [-0.1, -0.05) is 5.16 Å². The first-order chi connectivity index (χ1) is 12.2. The van der Waals surface area contributed by atoms with Gasteiger partial charge in [-0.2, -0.15) is 4.98 Å². The van der Waals surface area contributed by atoms with Crippen molar-refractivity contribution in [2.24, 2.45) is 0 Å². The number of hydrogen-bond acceptors (Lipinski definition) is 7. The van der Waals surface area contributed by atoms with Gasteiger partial charge >= 0.3 is 6.01 Å². The number of hydrogen-bond donors (Lipinski definition) is 0. The maximum Gasteiger partial charge on any atom is 0.319 e. The average Bonchev–Trinajstić information content (AvgIpc) is 3.39. The molecule has 1 aliphatic carbocycles. The molecule has 25 heavy (non-hydrogen) atoms. The van der Waals surface area contributed by atoms with E-state index in [1.807, 2.05) is 0 Å². The molecule has 0 aromatic carbocycles. The van der Waals surface area contributed by atoms with Crippen LogP contribution in [0.4, 0.5) is 0 Å². The molecule has 1 amide bonds. The van der Waals surface area contributed by atoms with Gasteiger partial charge in [0.15, 0.2) is 5.69 Å². The van der Waals surface area contributed by atoms with Crippen molar-refractivity contribution in [1.82, 2.24) is 20.0 Å². The molecule has 2 aliphatic rings. The third-order valence-electron chi connectivity index (χ3n) is 4.53. The summed E-state index contributed by atoms with van der Waals surface area (Å²) in [5.74, 6) is 1.71. The summed E-state index contributed by atoms with van der Waals surface area (Å²) < 4.78 is 16.1. The van der Waals surface area contributed by atoms with Crippen molar-refractivity contribution in [3.8, 4) is 11.9 Å². The van der Waals surface area contributed by atoms with Crippen LogP contribution in [0.1, 0.15) is 47.8 Å². The van der Waals surface area contributed by atoms with Gasteiger partial charge in [0.1, 0.15) is 11.9 Å². The number of amides is 1. The SMILES string of the molecule is COc1nccc(OC2CCN(C(=O)c3cc(C4CC4)on3)CC2)n1. The second kappa shape index (κ2) is 6.70. The standard InChI is InChI=1S/C17H20N4O4/c1-23-17-18-7-4-15(19-17)24-12-5-8-21(9-6-12)16(22)13-10-14(25-20-13)11-2-3-11/h4,7,10-12H,2-3,5-6,8-9H2,1H3. The first kappa shape index (κ1) is 15.9. The van der Waals surface area contributed by atoms with E-state index in [9.17, 15) is 4.79 Å². The molecule has 1 aliphatic heterocycles. The number of carbonyl (C=O) groups is 1. The van der Waals surface area contributed by atoms with Crippen LogP contribution in [0.5, 0.6) is 11.9 Å². The molecule has 1 saturated carbocycles. The number of rotatable bonds is 5. The van der Waals surface area contributed by atoms with Crippen LogP contribution < -0.4 is 9.47 Å². The minimum atomic E-state index is -0.0715. The van der Waals surface area contributed by atoms with Crippen molar-refractivity contribution in [2.75, 3.05) is 20.2 Å². The minimum Gasteiger partial charge on any atom is -0.474 e. The number of nitrogens with zero attached hydrogens (tertiary/aromatic N) is 4. The highest BCUT2D eigenvalue weighted by Gasteiger charge is 2.31. The van der Waals surface area contributed by atoms with Gasteiger partial charge in [0.05, 0.1) is 7.11 Å². The Bertz CT molecular complexity index is 751. The zero-order valence-corrected chi connectivity index (χ0v) is 14.1. The normalized spacial score (nSPS) is 18.2. The van der Waals surface area contributed by atoms with Gasteiger partial charge in [-0.25, -0.2) is 4.98 Å². The second-order valence-electron chi connectivity index (χ2n) is 6.38. The Morgan fingerprint density at radius 3 is 2.80 bits per heavy atom. The van der Waals surface area contributed by atoms with Crippen molar-refractivity contribution in [2.45, 2.75) is 37.7 Å². The molecule has 4 rings (SSSR count). The molecule has 8 nitrogen and oxygen atoms in total. The summed E-state index contributed by atoms with van der Waals surface area (Å²) in [6, 6.07) is 3.77. The maximum absolute atomic E-state index is 12.5. The van der Waals surface area contributed by atoms with Crippen molar-refractivity contribution in [3.63, 3.8) is 0 Å². The summed E-state index contributed by atoms with van der Waals surface area (Å²) in [6.07, 6.45) is 5.35. The fourth-order valence-electron chi connectivity index (χ4n) is 2.95. The number of ether oxygens (including phenoxy) is 2. The molecule has 8 heteroatoms. The van der Waals surface area contributed by atoms with Crippen molar-refractivity contribution in [3.05, 3.63) is 29.8 Å². The van der Waals surface area contributed by atoms with Gasteiger partial charge in [-0.05, 0) is 12.8 Å². The molecule has 132 valence electrons. The number of methoxy groups -OCH3 is 1. The van der Waals surface area contributed by atoms with E-state index in [1.54, 1.807) is 23.2 Å². The first-order valence-corrected chi connectivity index (χ1v) is 8.52. The topological polar surface area (TPSA) is 90.6 Å². The summed E-state index contributed by atoms with van der Waals surface area (Å²) in [5.41, 5.74) is 0.404. The number of aromatic nitrogens is 3. The Morgan fingerprint density at radius 2 is 2.08 bits per heavy atom. The van der Waals surface area contributed by atoms with Crippen LogP contribution in [-0.4, -0.2) is 52.2 Å². The van der Waals surface area contributed by atoms with Crippen LogP contribution in [0.2, 0.25) is 0 Å². The highest BCUT2D eigenvalue weighted by atomic mass is 16.5. The van der Waals surface area contributed by atoms with Crippen molar-refractivity contribution < 1.29 is 18.8 Å². The van der Waals surface area contributed by atoms with Crippen LogP contribution in [0, 0.1) is 0 Å². The smallest absolute Gasteiger partial charge is 0.319 e. The number of piperidine rings is 1. The van der Waals surface area contributed by atoms with E-state index in [-0.39, 0.29) is 18.0 Å². The van der Waals surface area contributed by atoms with Gasteiger partial charge in [0.2, 0.25) is 5.88 Å². The summed E-state index contributed by atoms with van der Waals surface area (Å²) >= 11 is 0. The summed E-state index contributed by atoms with van der Waals surface area (Å²) in [6.45, 7) is 1.24. The van der Waals surface area contributed by atoms with E-state index in [2.05, 4.69) is 15.1 Å². The van der Waals surface area contributed by atoms with Crippen molar-refractivity contribution >= 4 is 5.91 Å². The van der Waals surface area contributed by atoms with E-state index >= 15 is 0 Å². The van der Waals surface area contributed by atoms with Crippen LogP contribution in [0.15, 0.2) is 22.9 Å². The molecule has 0 bridgehead atoms. The second-order valence-corrected chi connectivity index (χ2v) is 6.38. The number of carbonyl (C=O) groups excluding carboxylic acids is 1. The summed E-state index contributed by atoms with van der Waals surface area (Å²) in [4.78, 5) is 22.4. The molecule has 0 radical (unpaired) electrons. The fraction of sp³-hybridized carbons (Fsp3) is 0.529. The molecule has 0 unspecified atom stereocenters. The monoisotopic (exact) mass is 344 g/mol. The molecule has 1 saturated heterocycles. The minimum absolute atomic E-state index is 0.0167. The number of likely N-dealkylation sites (tertiary alicyclic amines) is 1. The lowest BCUT2D eigenvalue weighted by Crippen LogP contribution is -2.42. The maximum atomic E-state index is 12.5. The Labute approximate surface area is 145 Å². The Balaban J connectivity index is 1.31. The Hall–Kier alpha value is -2.64. The molecular formula is C17H20N4O4. The van der Waals surface area contributed by atoms with E-state index in [0.717, 1.165) is 31.4 Å². The van der Waals surface area contributed by atoms with Crippen LogP contribution in [-0.2, 0) is 0 Å². The third-order valence-corrected chi connectivity index (χ3v) is 4.53. The van der Waals surface area contributed by atoms with E-state index in [1.165, 1.54) is 7.11 Å². The molecule has 2 fully saturated rings. The third kappa shape index (κ3) is 3.57. The van der Waals surface area contributed by atoms with E-state index < -0.39 is 0 Å². The van der Waals surface area contributed by atoms with Gasteiger partial charge in [0.25, 0.3) is 5.91 Å². The molecular weight excluding hydrogens is 324 g/mol. The lowest BCUT2D eigenvalue weighted by atomic mass is 10.1. The predicted octanol–water partition coefficient (Wildman–Crippen LogP) is 2.03. The highest BCUT2D eigenvalue weighted by molar-refractivity contribution is 5.92. The van der Waals surface area contributed by atoms with Gasteiger partial charge in [0, 0.05) is 50.2 Å². The summed E-state index contributed by atoms with van der Waals surface area (Å²) in [7, 11) is 1.52. The van der Waals surface area contributed by atoms with Gasteiger partial charge in [-0.15, -0.1) is 0 Å². The molecule has 0 atom stereocenters. The Kier molecular flexibility index (Phi) is 4.25. The average molecular weight is 344 g/mol. The quantitative estimate of drug-likeness (QED) is 0.819. The summed E-state index contributed by atoms with van der Waals surface area (Å²) in [5, 5.41) is 3.93. The lowest BCUT2D eigenvalue weighted by molar-refractivity contribution is 0.0577. The van der Waals surface area contributed by atoms with Crippen LogP contribution >= 0.6 is 0 Å². The van der Waals surface area contributed by atoms with Crippen LogP contribution in [0.25, 0.3) is 0 Å². The molecule has 0 N–H and O–H groups in total. The van der Waals surface area contributed by atoms with E-state index in [0.29, 0.717) is 30.6 Å². The zero-order chi connectivity index (χ0) is 17.2. The van der Waals surface area contributed by atoms with E-state index in [4.69, 9.17) is 14.0 Å². The fourth-order valence-corrected chi connectivity index (χ4v) is 2.95. The molecule has 2 aromatic heterocycles. The highest BCUT2D eigenvalue weighted by Crippen LogP contribution is 2.40. The van der Waals surface area contributed by atoms with Crippen LogP contribution in [0.3, 0.4) is 0 Å². The zero-order valence-electron chi connectivity index (χ0n) is 14.1. The lowest BCUT2D eigenvalue weighted by Gasteiger charge is -2.31. The molecule has 0 spiro atoms.